The third kappa shape index (κ3) is 4.66. The SMILES string of the molecule is CC(C)CS(=O)(=O)Nc1cc(Br)cc(C(=O)O)c1. The van der Waals surface area contributed by atoms with Gasteiger partial charge in [-0.2, -0.15) is 0 Å². The maximum atomic E-state index is 11.7. The van der Waals surface area contributed by atoms with E-state index in [2.05, 4.69) is 20.7 Å². The Kier molecular flexibility index (Phi) is 4.75. The molecule has 0 amide bonds. The van der Waals surface area contributed by atoms with Gasteiger partial charge in [-0.1, -0.05) is 29.8 Å². The third-order valence-electron chi connectivity index (χ3n) is 1.97. The molecule has 0 atom stereocenters. The van der Waals surface area contributed by atoms with Crippen LogP contribution in [-0.2, 0) is 10.0 Å². The summed E-state index contributed by atoms with van der Waals surface area (Å²) in [6, 6.07) is 4.21. The lowest BCUT2D eigenvalue weighted by Crippen LogP contribution is -2.20. The number of sulfonamides is 1. The Labute approximate surface area is 114 Å². The number of carbonyl (C=O) groups is 1. The molecule has 0 spiro atoms. The van der Waals surface area contributed by atoms with Crippen molar-refractivity contribution in [2.45, 2.75) is 13.8 Å². The van der Waals surface area contributed by atoms with E-state index in [1.54, 1.807) is 13.8 Å². The first-order valence-corrected chi connectivity index (χ1v) is 7.68. The molecular weight excluding hydrogens is 322 g/mol. The van der Waals surface area contributed by atoms with E-state index in [-0.39, 0.29) is 22.9 Å². The van der Waals surface area contributed by atoms with Gasteiger partial charge in [-0.15, -0.1) is 0 Å². The molecule has 7 heteroatoms. The number of nitrogens with one attached hydrogen (secondary N) is 1. The Morgan fingerprint density at radius 1 is 1.39 bits per heavy atom. The molecule has 0 radical (unpaired) electrons. The summed E-state index contributed by atoms with van der Waals surface area (Å²) in [5.41, 5.74) is 0.258. The largest absolute Gasteiger partial charge is 0.478 e. The van der Waals surface area contributed by atoms with Crippen molar-refractivity contribution in [2.24, 2.45) is 5.92 Å². The van der Waals surface area contributed by atoms with Crippen molar-refractivity contribution in [3.8, 4) is 0 Å². The first kappa shape index (κ1) is 15.0. The molecule has 0 aliphatic carbocycles. The zero-order chi connectivity index (χ0) is 13.9. The Morgan fingerprint density at radius 2 is 2.00 bits per heavy atom. The predicted molar refractivity (Wildman–Crippen MR) is 73.3 cm³/mol. The Balaban J connectivity index is 3.01. The molecule has 0 bridgehead atoms. The van der Waals surface area contributed by atoms with Crippen molar-refractivity contribution in [3.05, 3.63) is 28.2 Å². The number of hydrogen-bond acceptors (Lipinski definition) is 3. The van der Waals surface area contributed by atoms with Crippen LogP contribution in [0.15, 0.2) is 22.7 Å². The topological polar surface area (TPSA) is 83.5 Å². The van der Waals surface area contributed by atoms with Gasteiger partial charge < -0.3 is 5.11 Å². The fourth-order valence-corrected chi connectivity index (χ4v) is 3.36. The average Bonchev–Trinajstić information content (AvgIpc) is 2.12. The van der Waals surface area contributed by atoms with Crippen LogP contribution in [0.3, 0.4) is 0 Å². The molecule has 0 saturated carbocycles. The molecule has 100 valence electrons. The van der Waals surface area contributed by atoms with Crippen LogP contribution in [0.5, 0.6) is 0 Å². The van der Waals surface area contributed by atoms with Gasteiger partial charge >= 0.3 is 5.97 Å². The Morgan fingerprint density at radius 3 is 2.50 bits per heavy atom. The summed E-state index contributed by atoms with van der Waals surface area (Å²) in [6.07, 6.45) is 0. The highest BCUT2D eigenvalue weighted by atomic mass is 79.9. The summed E-state index contributed by atoms with van der Waals surface area (Å²) < 4.78 is 26.3. The van der Waals surface area contributed by atoms with Crippen LogP contribution < -0.4 is 4.72 Å². The van der Waals surface area contributed by atoms with Gasteiger partial charge in [-0.05, 0) is 24.1 Å². The number of benzene rings is 1. The van der Waals surface area contributed by atoms with Gasteiger partial charge in [0.25, 0.3) is 0 Å². The van der Waals surface area contributed by atoms with E-state index in [0.717, 1.165) is 0 Å². The van der Waals surface area contributed by atoms with Gasteiger partial charge in [0.05, 0.1) is 17.0 Å². The molecule has 0 saturated heterocycles. The second-order valence-corrected chi connectivity index (χ2v) is 6.99. The summed E-state index contributed by atoms with van der Waals surface area (Å²) in [5.74, 6) is -1.13. The van der Waals surface area contributed by atoms with Crippen LogP contribution in [0.25, 0.3) is 0 Å². The standard InChI is InChI=1S/C11H14BrNO4S/c1-7(2)6-18(16,17)13-10-4-8(11(14)15)3-9(12)5-10/h3-5,7,13H,6H2,1-2H3,(H,14,15). The molecular formula is C11H14BrNO4S. The zero-order valence-electron chi connectivity index (χ0n) is 9.97. The zero-order valence-corrected chi connectivity index (χ0v) is 12.4. The lowest BCUT2D eigenvalue weighted by atomic mass is 10.2. The van der Waals surface area contributed by atoms with Gasteiger partial charge in [0.1, 0.15) is 0 Å². The quantitative estimate of drug-likeness (QED) is 0.866. The second kappa shape index (κ2) is 5.71. The minimum Gasteiger partial charge on any atom is -0.478 e. The minimum absolute atomic E-state index is 0.00593. The third-order valence-corrected chi connectivity index (χ3v) is 4.08. The van der Waals surface area contributed by atoms with E-state index < -0.39 is 16.0 Å². The number of rotatable bonds is 5. The summed E-state index contributed by atoms with van der Waals surface area (Å²) in [6.45, 7) is 3.59. The average molecular weight is 336 g/mol. The summed E-state index contributed by atoms with van der Waals surface area (Å²) >= 11 is 3.14. The summed E-state index contributed by atoms with van der Waals surface area (Å²) in [5, 5.41) is 8.88. The Hall–Kier alpha value is -1.08. The van der Waals surface area contributed by atoms with E-state index in [4.69, 9.17) is 5.11 Å². The van der Waals surface area contributed by atoms with Gasteiger partial charge in [-0.25, -0.2) is 13.2 Å². The van der Waals surface area contributed by atoms with Gasteiger partial charge in [-0.3, -0.25) is 4.72 Å². The van der Waals surface area contributed by atoms with Crippen molar-refractivity contribution >= 4 is 37.6 Å². The molecule has 0 fully saturated rings. The molecule has 0 heterocycles. The van der Waals surface area contributed by atoms with E-state index >= 15 is 0 Å². The van der Waals surface area contributed by atoms with Crippen LogP contribution in [0.2, 0.25) is 0 Å². The van der Waals surface area contributed by atoms with Crippen LogP contribution >= 0.6 is 15.9 Å². The minimum atomic E-state index is -3.46. The molecule has 0 aliphatic rings. The molecule has 1 rings (SSSR count). The monoisotopic (exact) mass is 335 g/mol. The molecule has 5 nitrogen and oxygen atoms in total. The Bertz CT molecular complexity index is 554. The molecule has 1 aromatic rings. The van der Waals surface area contributed by atoms with Crippen LogP contribution in [0.4, 0.5) is 5.69 Å². The number of carboxylic acid groups (broad SMARTS) is 1. The number of halogens is 1. The summed E-state index contributed by atoms with van der Waals surface area (Å²) in [4.78, 5) is 10.9. The normalized spacial score (nSPS) is 11.6. The van der Waals surface area contributed by atoms with Gasteiger partial charge in [0, 0.05) is 4.47 Å². The van der Waals surface area contributed by atoms with Gasteiger partial charge in [0.15, 0.2) is 0 Å². The predicted octanol–water partition coefficient (Wildman–Crippen LogP) is 2.55. The van der Waals surface area contributed by atoms with E-state index in [0.29, 0.717) is 4.47 Å². The number of hydrogen-bond donors (Lipinski definition) is 2. The van der Waals surface area contributed by atoms with Crippen LogP contribution in [-0.4, -0.2) is 25.2 Å². The van der Waals surface area contributed by atoms with E-state index in [1.807, 2.05) is 0 Å². The molecule has 2 N–H and O–H groups in total. The fourth-order valence-electron chi connectivity index (χ4n) is 1.43. The lowest BCUT2D eigenvalue weighted by molar-refractivity contribution is 0.0697. The number of carboxylic acids is 1. The maximum Gasteiger partial charge on any atom is 0.335 e. The first-order chi connectivity index (χ1) is 8.19. The van der Waals surface area contributed by atoms with Crippen molar-refractivity contribution in [1.29, 1.82) is 0 Å². The molecule has 1 aromatic carbocycles. The lowest BCUT2D eigenvalue weighted by Gasteiger charge is -2.10. The van der Waals surface area contributed by atoms with Crippen LogP contribution in [0, 0.1) is 5.92 Å². The second-order valence-electron chi connectivity index (χ2n) is 4.31. The van der Waals surface area contributed by atoms with Crippen molar-refractivity contribution in [3.63, 3.8) is 0 Å². The fraction of sp³-hybridized carbons (Fsp3) is 0.364. The maximum absolute atomic E-state index is 11.7. The molecule has 0 aliphatic heterocycles. The molecule has 0 unspecified atom stereocenters. The van der Waals surface area contributed by atoms with Gasteiger partial charge in [0.2, 0.25) is 10.0 Å². The van der Waals surface area contributed by atoms with E-state index in [9.17, 15) is 13.2 Å². The highest BCUT2D eigenvalue weighted by Gasteiger charge is 2.14. The highest BCUT2D eigenvalue weighted by Crippen LogP contribution is 2.21. The molecule has 0 aromatic heterocycles. The number of aromatic carboxylic acids is 1. The number of anilines is 1. The highest BCUT2D eigenvalue weighted by molar-refractivity contribution is 9.10. The van der Waals surface area contributed by atoms with Crippen molar-refractivity contribution in [2.75, 3.05) is 10.5 Å². The first-order valence-electron chi connectivity index (χ1n) is 5.24. The van der Waals surface area contributed by atoms with E-state index in [1.165, 1.54) is 18.2 Å². The summed E-state index contributed by atoms with van der Waals surface area (Å²) in [7, 11) is -3.46. The molecule has 18 heavy (non-hydrogen) atoms. The van der Waals surface area contributed by atoms with Crippen LogP contribution in [0.1, 0.15) is 24.2 Å². The van der Waals surface area contributed by atoms with Crippen molar-refractivity contribution < 1.29 is 18.3 Å². The smallest absolute Gasteiger partial charge is 0.335 e. The van der Waals surface area contributed by atoms with Crippen molar-refractivity contribution in [1.82, 2.24) is 0 Å².